The lowest BCUT2D eigenvalue weighted by atomic mass is 9.98. The smallest absolute Gasteiger partial charge is 0.0371 e. The lowest BCUT2D eigenvalue weighted by Crippen LogP contribution is -2.23. The molecule has 2 rings (SSSR count). The predicted molar refractivity (Wildman–Crippen MR) is 83.3 cm³/mol. The fourth-order valence-electron chi connectivity index (χ4n) is 2.17. The molecule has 3 heteroatoms. The quantitative estimate of drug-likeness (QED) is 0.840. The van der Waals surface area contributed by atoms with Gasteiger partial charge in [-0.05, 0) is 59.5 Å². The van der Waals surface area contributed by atoms with Crippen molar-refractivity contribution in [3.63, 3.8) is 0 Å². The summed E-state index contributed by atoms with van der Waals surface area (Å²) in [5.41, 5.74) is 4.18. The number of likely N-dealkylation sites (N-methyl/N-ethyl adjacent to an activating group) is 1. The maximum absolute atomic E-state index is 3.59. The van der Waals surface area contributed by atoms with Gasteiger partial charge in [-0.3, -0.25) is 0 Å². The second-order valence-corrected chi connectivity index (χ2v) is 6.11. The van der Waals surface area contributed by atoms with E-state index in [0.717, 1.165) is 17.4 Å². The van der Waals surface area contributed by atoms with E-state index in [1.807, 2.05) is 0 Å². The third-order valence-electron chi connectivity index (χ3n) is 3.05. The van der Waals surface area contributed by atoms with Crippen LogP contribution in [0, 0.1) is 6.92 Å². The Hall–Kier alpha value is -0.640. The molecule has 1 nitrogen and oxygen atoms in total. The summed E-state index contributed by atoms with van der Waals surface area (Å²) in [5, 5.41) is 8.07. The topological polar surface area (TPSA) is 12.0 Å². The predicted octanol–water partition coefficient (Wildman–Crippen LogP) is 4.71. The summed E-state index contributed by atoms with van der Waals surface area (Å²) < 4.78 is 1.15. The highest BCUT2D eigenvalue weighted by molar-refractivity contribution is 9.10. The number of halogens is 1. The SMILES string of the molecule is CCNC(Cc1cccc(Br)c1)c1cscc1C. The van der Waals surface area contributed by atoms with Crippen molar-refractivity contribution in [2.75, 3.05) is 6.54 Å². The van der Waals surface area contributed by atoms with E-state index in [-0.39, 0.29) is 0 Å². The Morgan fingerprint density at radius 2 is 2.17 bits per heavy atom. The van der Waals surface area contributed by atoms with Crippen LogP contribution >= 0.6 is 27.3 Å². The molecule has 0 bridgehead atoms. The molecular weight excluding hydrogens is 306 g/mol. The maximum atomic E-state index is 3.59. The fraction of sp³-hybridized carbons (Fsp3) is 0.333. The summed E-state index contributed by atoms with van der Waals surface area (Å²) in [6.45, 7) is 5.35. The molecule has 1 unspecified atom stereocenters. The largest absolute Gasteiger partial charge is 0.310 e. The van der Waals surface area contributed by atoms with Gasteiger partial charge in [-0.25, -0.2) is 0 Å². The number of hydrogen-bond acceptors (Lipinski definition) is 2. The first kappa shape index (κ1) is 13.8. The van der Waals surface area contributed by atoms with Crippen molar-refractivity contribution < 1.29 is 0 Å². The zero-order valence-electron chi connectivity index (χ0n) is 10.7. The molecule has 2 aromatic rings. The van der Waals surface area contributed by atoms with Crippen LogP contribution in [0.4, 0.5) is 0 Å². The highest BCUT2D eigenvalue weighted by atomic mass is 79.9. The van der Waals surface area contributed by atoms with Crippen molar-refractivity contribution >= 4 is 27.3 Å². The van der Waals surface area contributed by atoms with Crippen LogP contribution in [-0.4, -0.2) is 6.54 Å². The molecular formula is C15H18BrNS. The van der Waals surface area contributed by atoms with Crippen LogP contribution in [-0.2, 0) is 6.42 Å². The van der Waals surface area contributed by atoms with Crippen LogP contribution in [0.5, 0.6) is 0 Å². The van der Waals surface area contributed by atoms with Gasteiger partial charge in [0.05, 0.1) is 0 Å². The van der Waals surface area contributed by atoms with Gasteiger partial charge in [-0.15, -0.1) is 0 Å². The van der Waals surface area contributed by atoms with Gasteiger partial charge >= 0.3 is 0 Å². The summed E-state index contributed by atoms with van der Waals surface area (Å²) in [4.78, 5) is 0. The highest BCUT2D eigenvalue weighted by Gasteiger charge is 2.14. The van der Waals surface area contributed by atoms with Gasteiger partial charge in [0, 0.05) is 10.5 Å². The van der Waals surface area contributed by atoms with E-state index in [9.17, 15) is 0 Å². The van der Waals surface area contributed by atoms with E-state index in [0.29, 0.717) is 6.04 Å². The summed E-state index contributed by atoms with van der Waals surface area (Å²) >= 11 is 5.32. The van der Waals surface area contributed by atoms with Gasteiger partial charge in [0.25, 0.3) is 0 Å². The summed E-state index contributed by atoms with van der Waals surface area (Å²) in [6, 6.07) is 8.98. The van der Waals surface area contributed by atoms with Crippen molar-refractivity contribution in [1.82, 2.24) is 5.32 Å². The molecule has 0 aliphatic carbocycles. The van der Waals surface area contributed by atoms with Gasteiger partial charge in [0.2, 0.25) is 0 Å². The second-order valence-electron chi connectivity index (χ2n) is 4.45. The minimum absolute atomic E-state index is 0.413. The fourth-order valence-corrected chi connectivity index (χ4v) is 3.52. The highest BCUT2D eigenvalue weighted by Crippen LogP contribution is 2.25. The molecule has 0 saturated carbocycles. The Morgan fingerprint density at radius 1 is 1.33 bits per heavy atom. The molecule has 0 aliphatic heterocycles. The maximum Gasteiger partial charge on any atom is 0.0371 e. The Kier molecular flexibility index (Phi) is 4.98. The number of aryl methyl sites for hydroxylation is 1. The summed E-state index contributed by atoms with van der Waals surface area (Å²) in [6.07, 6.45) is 1.03. The Bertz CT molecular complexity index is 507. The molecule has 18 heavy (non-hydrogen) atoms. The second kappa shape index (κ2) is 6.50. The Morgan fingerprint density at radius 3 is 2.78 bits per heavy atom. The molecule has 0 fully saturated rings. The van der Waals surface area contributed by atoms with Gasteiger partial charge in [0.1, 0.15) is 0 Å². The molecule has 1 aromatic carbocycles. The molecule has 96 valence electrons. The average molecular weight is 324 g/mol. The van der Waals surface area contributed by atoms with Gasteiger partial charge in [0.15, 0.2) is 0 Å². The first-order valence-corrected chi connectivity index (χ1v) is 7.94. The lowest BCUT2D eigenvalue weighted by molar-refractivity contribution is 0.549. The van der Waals surface area contributed by atoms with Crippen LogP contribution in [0.2, 0.25) is 0 Å². The third kappa shape index (κ3) is 3.44. The summed E-state index contributed by atoms with van der Waals surface area (Å²) in [5.74, 6) is 0. The molecule has 0 radical (unpaired) electrons. The van der Waals surface area contributed by atoms with Gasteiger partial charge in [-0.2, -0.15) is 11.3 Å². The van der Waals surface area contributed by atoms with Crippen LogP contribution in [0.15, 0.2) is 39.5 Å². The molecule has 0 amide bonds. The van der Waals surface area contributed by atoms with Crippen LogP contribution in [0.1, 0.15) is 29.7 Å². The average Bonchev–Trinajstić information content (AvgIpc) is 2.75. The molecule has 1 N–H and O–H groups in total. The van der Waals surface area contributed by atoms with Crippen molar-refractivity contribution in [1.29, 1.82) is 0 Å². The zero-order valence-corrected chi connectivity index (χ0v) is 13.1. The van der Waals surface area contributed by atoms with E-state index in [1.54, 1.807) is 11.3 Å². The van der Waals surface area contributed by atoms with Gasteiger partial charge < -0.3 is 5.32 Å². The number of hydrogen-bond donors (Lipinski definition) is 1. The van der Waals surface area contributed by atoms with E-state index in [4.69, 9.17) is 0 Å². The van der Waals surface area contributed by atoms with Crippen molar-refractivity contribution in [3.05, 3.63) is 56.2 Å². The van der Waals surface area contributed by atoms with E-state index in [2.05, 4.69) is 70.1 Å². The number of nitrogens with one attached hydrogen (secondary N) is 1. The number of thiophene rings is 1. The van der Waals surface area contributed by atoms with Crippen LogP contribution in [0.3, 0.4) is 0 Å². The molecule has 0 spiro atoms. The molecule has 0 aliphatic rings. The molecule has 1 aromatic heterocycles. The first-order valence-electron chi connectivity index (χ1n) is 6.21. The minimum Gasteiger partial charge on any atom is -0.310 e. The minimum atomic E-state index is 0.413. The Labute approximate surface area is 121 Å². The van der Waals surface area contributed by atoms with E-state index >= 15 is 0 Å². The van der Waals surface area contributed by atoms with Crippen LogP contribution < -0.4 is 5.32 Å². The van der Waals surface area contributed by atoms with E-state index < -0.39 is 0 Å². The van der Waals surface area contributed by atoms with Gasteiger partial charge in [-0.1, -0.05) is 35.0 Å². The monoisotopic (exact) mass is 323 g/mol. The molecule has 1 heterocycles. The molecule has 1 atom stereocenters. The number of benzene rings is 1. The van der Waals surface area contributed by atoms with E-state index in [1.165, 1.54) is 16.7 Å². The van der Waals surface area contributed by atoms with Crippen LogP contribution in [0.25, 0.3) is 0 Å². The third-order valence-corrected chi connectivity index (χ3v) is 4.42. The first-order chi connectivity index (χ1) is 8.70. The number of rotatable bonds is 5. The van der Waals surface area contributed by atoms with Crippen molar-refractivity contribution in [3.8, 4) is 0 Å². The lowest BCUT2D eigenvalue weighted by Gasteiger charge is -2.18. The standard InChI is InChI=1S/C15H18BrNS/c1-3-17-15(14-10-18-9-11(14)2)8-12-5-4-6-13(16)7-12/h4-7,9-10,15,17H,3,8H2,1-2H3. The Balaban J connectivity index is 2.19. The summed E-state index contributed by atoms with van der Waals surface area (Å²) in [7, 11) is 0. The molecule has 0 saturated heterocycles. The zero-order chi connectivity index (χ0) is 13.0. The van der Waals surface area contributed by atoms with Crippen molar-refractivity contribution in [2.45, 2.75) is 26.3 Å². The normalized spacial score (nSPS) is 12.6. The van der Waals surface area contributed by atoms with Crippen molar-refractivity contribution in [2.24, 2.45) is 0 Å².